The summed E-state index contributed by atoms with van der Waals surface area (Å²) in [6.45, 7) is 2.99. The fraction of sp³-hybridized carbons (Fsp3) is 0.600. The largest absolute Gasteiger partial charge is 0.465 e. The Kier molecular flexibility index (Phi) is 5.55. The van der Waals surface area contributed by atoms with Crippen LogP contribution in [0.4, 0.5) is 5.13 Å². The highest BCUT2D eigenvalue weighted by Crippen LogP contribution is 2.27. The van der Waals surface area contributed by atoms with Crippen LogP contribution in [0.5, 0.6) is 0 Å². The summed E-state index contributed by atoms with van der Waals surface area (Å²) in [4.78, 5) is 15.7. The molecule has 0 amide bonds. The number of thiazole rings is 1. The number of rotatable bonds is 6. The molecule has 0 saturated carbocycles. The van der Waals surface area contributed by atoms with Gasteiger partial charge in [-0.15, -0.1) is 0 Å². The fourth-order valence-electron chi connectivity index (χ4n) is 1.17. The first-order valence-electron chi connectivity index (χ1n) is 5.17. The van der Waals surface area contributed by atoms with Crippen molar-refractivity contribution in [3.8, 4) is 0 Å². The zero-order chi connectivity index (χ0) is 12.0. The van der Waals surface area contributed by atoms with Gasteiger partial charge in [-0.2, -0.15) is 0 Å². The van der Waals surface area contributed by atoms with Gasteiger partial charge in [0, 0.05) is 6.54 Å². The third kappa shape index (κ3) is 3.64. The summed E-state index contributed by atoms with van der Waals surface area (Å²) >= 11 is 7.04. The Morgan fingerprint density at radius 1 is 1.56 bits per heavy atom. The number of esters is 1. The van der Waals surface area contributed by atoms with Crippen molar-refractivity contribution in [3.63, 3.8) is 0 Å². The molecular formula is C10H15ClN2O2S. The fourth-order valence-corrected chi connectivity index (χ4v) is 2.29. The van der Waals surface area contributed by atoms with E-state index in [0.29, 0.717) is 10.0 Å². The Hall–Kier alpha value is -0.810. The Bertz CT molecular complexity index is 355. The summed E-state index contributed by atoms with van der Waals surface area (Å²) in [6, 6.07) is 0. The maximum atomic E-state index is 11.3. The first kappa shape index (κ1) is 13.3. The van der Waals surface area contributed by atoms with Crippen LogP contribution in [0.1, 0.15) is 35.9 Å². The highest BCUT2D eigenvalue weighted by molar-refractivity contribution is 7.18. The molecule has 4 nitrogen and oxygen atoms in total. The molecule has 0 aliphatic rings. The Labute approximate surface area is 104 Å². The molecule has 0 bridgehead atoms. The van der Waals surface area contributed by atoms with E-state index in [1.165, 1.54) is 31.3 Å². The van der Waals surface area contributed by atoms with E-state index < -0.39 is 5.97 Å². The van der Waals surface area contributed by atoms with Gasteiger partial charge in [-0.3, -0.25) is 0 Å². The molecule has 0 spiro atoms. The zero-order valence-electron chi connectivity index (χ0n) is 9.38. The van der Waals surface area contributed by atoms with Gasteiger partial charge in [0.15, 0.2) is 15.2 Å². The van der Waals surface area contributed by atoms with Crippen molar-refractivity contribution in [3.05, 3.63) is 10.0 Å². The predicted molar refractivity (Wildman–Crippen MR) is 66.5 cm³/mol. The van der Waals surface area contributed by atoms with Crippen molar-refractivity contribution < 1.29 is 9.53 Å². The van der Waals surface area contributed by atoms with Crippen LogP contribution in [0.2, 0.25) is 5.15 Å². The van der Waals surface area contributed by atoms with E-state index >= 15 is 0 Å². The summed E-state index contributed by atoms with van der Waals surface area (Å²) in [5, 5.41) is 4.01. The van der Waals surface area contributed by atoms with E-state index in [1.807, 2.05) is 0 Å². The molecule has 0 aliphatic heterocycles. The van der Waals surface area contributed by atoms with E-state index in [9.17, 15) is 4.79 Å². The number of halogens is 1. The van der Waals surface area contributed by atoms with Gasteiger partial charge in [0.2, 0.25) is 0 Å². The van der Waals surface area contributed by atoms with Gasteiger partial charge in [0.05, 0.1) is 7.11 Å². The topological polar surface area (TPSA) is 51.2 Å². The number of nitrogens with one attached hydrogen (secondary N) is 1. The van der Waals surface area contributed by atoms with Crippen molar-refractivity contribution in [2.24, 2.45) is 0 Å². The quantitative estimate of drug-likeness (QED) is 0.632. The molecule has 0 aliphatic carbocycles. The lowest BCUT2D eigenvalue weighted by Gasteiger charge is -1.99. The predicted octanol–water partition coefficient (Wildman–Crippen LogP) is 3.19. The molecule has 0 atom stereocenters. The van der Waals surface area contributed by atoms with Crippen LogP contribution in [0.15, 0.2) is 0 Å². The van der Waals surface area contributed by atoms with Gasteiger partial charge in [0.1, 0.15) is 0 Å². The maximum Gasteiger partial charge on any atom is 0.351 e. The number of anilines is 1. The Morgan fingerprint density at radius 2 is 2.31 bits per heavy atom. The second kappa shape index (κ2) is 6.70. The molecule has 1 N–H and O–H groups in total. The van der Waals surface area contributed by atoms with E-state index in [2.05, 4.69) is 22.0 Å². The maximum absolute atomic E-state index is 11.3. The van der Waals surface area contributed by atoms with E-state index in [0.717, 1.165) is 13.0 Å². The first-order valence-corrected chi connectivity index (χ1v) is 6.37. The minimum absolute atomic E-state index is 0.204. The number of hydrogen-bond acceptors (Lipinski definition) is 5. The van der Waals surface area contributed by atoms with Crippen molar-refractivity contribution in [2.75, 3.05) is 19.0 Å². The first-order chi connectivity index (χ1) is 7.69. The normalized spacial score (nSPS) is 10.2. The van der Waals surface area contributed by atoms with Crippen LogP contribution in [-0.2, 0) is 4.74 Å². The lowest BCUT2D eigenvalue weighted by molar-refractivity contribution is 0.0606. The standard InChI is InChI=1S/C10H15ClN2O2S/c1-3-4-5-6-12-10-13-8(11)7(16-10)9(14)15-2/h3-6H2,1-2H3,(H,12,13). The summed E-state index contributed by atoms with van der Waals surface area (Å²) in [7, 11) is 1.33. The number of nitrogens with zero attached hydrogens (tertiary/aromatic N) is 1. The SMILES string of the molecule is CCCCCNc1nc(Cl)c(C(=O)OC)s1. The van der Waals surface area contributed by atoms with E-state index in [4.69, 9.17) is 11.6 Å². The number of aromatic nitrogens is 1. The number of unbranched alkanes of at least 4 members (excludes halogenated alkanes) is 2. The second-order valence-electron chi connectivity index (χ2n) is 3.26. The second-order valence-corrected chi connectivity index (χ2v) is 4.62. The lowest BCUT2D eigenvalue weighted by Crippen LogP contribution is -2.00. The van der Waals surface area contributed by atoms with Gasteiger partial charge in [0.25, 0.3) is 0 Å². The number of carbonyl (C=O) groups excluding carboxylic acids is 1. The number of carbonyl (C=O) groups is 1. The molecule has 0 saturated heterocycles. The molecule has 1 aromatic heterocycles. The smallest absolute Gasteiger partial charge is 0.351 e. The number of hydrogen-bond donors (Lipinski definition) is 1. The lowest BCUT2D eigenvalue weighted by atomic mass is 10.2. The zero-order valence-corrected chi connectivity index (χ0v) is 11.0. The summed E-state index contributed by atoms with van der Waals surface area (Å²) in [5.41, 5.74) is 0. The molecule has 0 radical (unpaired) electrons. The number of methoxy groups -OCH3 is 1. The summed E-state index contributed by atoms with van der Waals surface area (Å²) in [6.07, 6.45) is 3.44. The van der Waals surface area contributed by atoms with Gasteiger partial charge in [-0.1, -0.05) is 42.7 Å². The van der Waals surface area contributed by atoms with Crippen LogP contribution < -0.4 is 5.32 Å². The van der Waals surface area contributed by atoms with Crippen molar-refractivity contribution in [2.45, 2.75) is 26.2 Å². The van der Waals surface area contributed by atoms with E-state index in [1.54, 1.807) is 0 Å². The Morgan fingerprint density at radius 3 is 2.94 bits per heavy atom. The monoisotopic (exact) mass is 262 g/mol. The summed E-state index contributed by atoms with van der Waals surface area (Å²) in [5.74, 6) is -0.441. The van der Waals surface area contributed by atoms with Crippen LogP contribution in [-0.4, -0.2) is 24.6 Å². The average Bonchev–Trinajstić information content (AvgIpc) is 2.65. The molecule has 0 aromatic carbocycles. The number of ether oxygens (including phenoxy) is 1. The molecule has 6 heteroatoms. The van der Waals surface area contributed by atoms with E-state index in [-0.39, 0.29) is 5.15 Å². The highest BCUT2D eigenvalue weighted by Gasteiger charge is 2.16. The van der Waals surface area contributed by atoms with Crippen LogP contribution in [0.25, 0.3) is 0 Å². The van der Waals surface area contributed by atoms with Gasteiger partial charge in [-0.25, -0.2) is 9.78 Å². The third-order valence-corrected chi connectivity index (χ3v) is 3.39. The molecule has 1 rings (SSSR count). The van der Waals surface area contributed by atoms with Crippen LogP contribution >= 0.6 is 22.9 Å². The third-order valence-electron chi connectivity index (χ3n) is 2.01. The van der Waals surface area contributed by atoms with Gasteiger partial charge < -0.3 is 10.1 Å². The van der Waals surface area contributed by atoms with Crippen molar-refractivity contribution in [1.29, 1.82) is 0 Å². The minimum atomic E-state index is -0.441. The van der Waals surface area contributed by atoms with Crippen molar-refractivity contribution >= 4 is 34.0 Å². The Balaban J connectivity index is 2.52. The van der Waals surface area contributed by atoms with Gasteiger partial charge in [-0.05, 0) is 6.42 Å². The molecule has 1 aromatic rings. The van der Waals surface area contributed by atoms with Crippen molar-refractivity contribution in [1.82, 2.24) is 4.98 Å². The molecule has 0 unspecified atom stereocenters. The average molecular weight is 263 g/mol. The molecule has 16 heavy (non-hydrogen) atoms. The molecular weight excluding hydrogens is 248 g/mol. The van der Waals surface area contributed by atoms with Crippen LogP contribution in [0, 0.1) is 0 Å². The minimum Gasteiger partial charge on any atom is -0.465 e. The highest BCUT2D eigenvalue weighted by atomic mass is 35.5. The van der Waals surface area contributed by atoms with Gasteiger partial charge >= 0.3 is 5.97 Å². The molecule has 1 heterocycles. The molecule has 90 valence electrons. The molecule has 0 fully saturated rings. The summed E-state index contributed by atoms with van der Waals surface area (Å²) < 4.78 is 4.59. The van der Waals surface area contributed by atoms with Crippen LogP contribution in [0.3, 0.4) is 0 Å².